The van der Waals surface area contributed by atoms with Crippen LogP contribution in [-0.2, 0) is 6.54 Å². The summed E-state index contributed by atoms with van der Waals surface area (Å²) in [5, 5.41) is 0.545. The van der Waals surface area contributed by atoms with Crippen molar-refractivity contribution >= 4 is 10.9 Å². The minimum Gasteiger partial charge on any atom is -0.493 e. The number of methoxy groups -OCH3 is 1. The number of likely N-dealkylation sites (N-methyl/N-ethyl adjacent to an activating group) is 1. The van der Waals surface area contributed by atoms with E-state index < -0.39 is 0 Å². The number of rotatable bonds is 6. The van der Waals surface area contributed by atoms with Crippen molar-refractivity contribution in [3.05, 3.63) is 77.0 Å². The van der Waals surface area contributed by atoms with Crippen LogP contribution < -0.4 is 15.0 Å². The minimum atomic E-state index is -0.0784. The van der Waals surface area contributed by atoms with E-state index in [2.05, 4.69) is 28.4 Å². The highest BCUT2D eigenvalue weighted by molar-refractivity contribution is 5.81. The third-order valence-corrected chi connectivity index (χ3v) is 7.41. The molecule has 2 heterocycles. The summed E-state index contributed by atoms with van der Waals surface area (Å²) in [6, 6.07) is 14.1. The third kappa shape index (κ3) is 5.05. The molecule has 1 aliphatic heterocycles. The lowest BCUT2D eigenvalue weighted by Gasteiger charge is -2.42. The van der Waals surface area contributed by atoms with Gasteiger partial charge in [-0.25, -0.2) is 4.98 Å². The lowest BCUT2D eigenvalue weighted by atomic mass is 9.91. The first-order chi connectivity index (χ1) is 17.0. The Balaban J connectivity index is 1.31. The molecule has 2 fully saturated rings. The highest BCUT2D eigenvalue weighted by atomic mass is 16.5. The molecule has 7 nitrogen and oxygen atoms in total. The number of ether oxygens (including phenoxy) is 2. The molecule has 1 aromatic heterocycles. The monoisotopic (exact) mass is 474 g/mol. The minimum absolute atomic E-state index is 0.0784. The zero-order valence-corrected chi connectivity index (χ0v) is 20.7. The van der Waals surface area contributed by atoms with Gasteiger partial charge in [0.1, 0.15) is 0 Å². The Kier molecular flexibility index (Phi) is 6.77. The second-order valence-corrected chi connectivity index (χ2v) is 9.69. The number of hydrogen-bond acceptors (Lipinski definition) is 6. The van der Waals surface area contributed by atoms with Crippen molar-refractivity contribution in [2.45, 2.75) is 44.4 Å². The Labute approximate surface area is 206 Å². The molecule has 7 heteroatoms. The van der Waals surface area contributed by atoms with Gasteiger partial charge in [-0.05, 0) is 37.3 Å². The van der Waals surface area contributed by atoms with Crippen LogP contribution in [-0.4, -0.2) is 65.3 Å². The van der Waals surface area contributed by atoms with E-state index >= 15 is 0 Å². The molecule has 0 bridgehead atoms. The SMILES string of the molecule is C=C1CN(C2CCC(Oc3cc4c(=O)n(Cc5ccccc5)cnc4cc3OC)CC2)CCN1C. The van der Waals surface area contributed by atoms with E-state index in [1.165, 1.54) is 5.70 Å². The van der Waals surface area contributed by atoms with Crippen LogP contribution in [0.5, 0.6) is 11.5 Å². The second kappa shape index (κ2) is 10.1. The van der Waals surface area contributed by atoms with E-state index in [1.807, 2.05) is 36.4 Å². The Bertz CT molecular complexity index is 1250. The lowest BCUT2D eigenvalue weighted by Crippen LogP contribution is -2.49. The summed E-state index contributed by atoms with van der Waals surface area (Å²) in [7, 11) is 3.75. The molecular weight excluding hydrogens is 440 g/mol. The van der Waals surface area contributed by atoms with Crippen molar-refractivity contribution < 1.29 is 9.47 Å². The van der Waals surface area contributed by atoms with Crippen molar-refractivity contribution in [2.75, 3.05) is 33.8 Å². The van der Waals surface area contributed by atoms with Gasteiger partial charge in [0.15, 0.2) is 11.5 Å². The molecule has 0 N–H and O–H groups in total. The first-order valence-corrected chi connectivity index (χ1v) is 12.4. The number of piperazine rings is 1. The van der Waals surface area contributed by atoms with Gasteiger partial charge in [-0.1, -0.05) is 36.9 Å². The molecule has 35 heavy (non-hydrogen) atoms. The first-order valence-electron chi connectivity index (χ1n) is 12.4. The Morgan fingerprint density at radius 1 is 1.06 bits per heavy atom. The number of aromatic nitrogens is 2. The molecular formula is C28H34N4O3. The van der Waals surface area contributed by atoms with Crippen LogP contribution in [0, 0.1) is 0 Å². The van der Waals surface area contributed by atoms with Crippen LogP contribution >= 0.6 is 0 Å². The van der Waals surface area contributed by atoms with Gasteiger partial charge in [0.2, 0.25) is 0 Å². The summed E-state index contributed by atoms with van der Waals surface area (Å²) in [6.45, 7) is 7.77. The molecule has 1 saturated carbocycles. The van der Waals surface area contributed by atoms with E-state index in [9.17, 15) is 4.79 Å². The maximum atomic E-state index is 13.3. The smallest absolute Gasteiger partial charge is 0.261 e. The second-order valence-electron chi connectivity index (χ2n) is 9.69. The van der Waals surface area contributed by atoms with E-state index in [4.69, 9.17) is 9.47 Å². The summed E-state index contributed by atoms with van der Waals surface area (Å²) >= 11 is 0. The van der Waals surface area contributed by atoms with Crippen molar-refractivity contribution in [2.24, 2.45) is 0 Å². The molecule has 1 saturated heterocycles. The van der Waals surface area contributed by atoms with Gasteiger partial charge in [-0.3, -0.25) is 14.3 Å². The average molecular weight is 475 g/mol. The van der Waals surface area contributed by atoms with E-state index in [0.717, 1.165) is 50.9 Å². The standard InChI is InChI=1S/C28H34N4O3/c1-20-17-31(14-13-30(20)2)22-9-11-23(12-10-22)35-27-15-24-25(16-26(27)34-3)29-19-32(28(24)33)18-21-7-5-4-6-8-21/h4-8,15-16,19,22-23H,1,9-14,17-18H2,2-3H3. The topological polar surface area (TPSA) is 59.8 Å². The number of fused-ring (bicyclic) bond motifs is 1. The Hall–Kier alpha value is -3.32. The predicted molar refractivity (Wildman–Crippen MR) is 138 cm³/mol. The molecule has 1 aliphatic carbocycles. The van der Waals surface area contributed by atoms with Crippen molar-refractivity contribution in [1.82, 2.24) is 19.4 Å². The van der Waals surface area contributed by atoms with Crippen molar-refractivity contribution in [3.63, 3.8) is 0 Å². The number of nitrogens with zero attached hydrogens (tertiary/aromatic N) is 4. The quantitative estimate of drug-likeness (QED) is 0.540. The summed E-state index contributed by atoms with van der Waals surface area (Å²) in [5.41, 5.74) is 2.79. The lowest BCUT2D eigenvalue weighted by molar-refractivity contribution is 0.0723. The molecule has 0 amide bonds. The summed E-state index contributed by atoms with van der Waals surface area (Å²) in [4.78, 5) is 22.6. The first kappa shape index (κ1) is 23.4. The van der Waals surface area contributed by atoms with E-state index in [1.54, 1.807) is 24.1 Å². The van der Waals surface area contributed by atoms with Crippen LogP contribution in [0.15, 0.2) is 65.9 Å². The molecule has 0 spiro atoms. The fourth-order valence-electron chi connectivity index (χ4n) is 5.20. The molecule has 0 unspecified atom stereocenters. The van der Waals surface area contributed by atoms with E-state index in [-0.39, 0.29) is 11.7 Å². The molecule has 2 aliphatic rings. The summed E-state index contributed by atoms with van der Waals surface area (Å²) in [6.07, 6.45) is 5.88. The molecule has 5 rings (SSSR count). The van der Waals surface area contributed by atoms with Crippen LogP contribution in [0.4, 0.5) is 0 Å². The summed E-state index contributed by atoms with van der Waals surface area (Å²) in [5.74, 6) is 1.23. The van der Waals surface area contributed by atoms with Gasteiger partial charge in [-0.15, -0.1) is 0 Å². The fourth-order valence-corrected chi connectivity index (χ4v) is 5.20. The highest BCUT2D eigenvalue weighted by Gasteiger charge is 2.30. The third-order valence-electron chi connectivity index (χ3n) is 7.41. The highest BCUT2D eigenvalue weighted by Crippen LogP contribution is 2.34. The fraction of sp³-hybridized carbons (Fsp3) is 0.429. The molecule has 3 aromatic rings. The van der Waals surface area contributed by atoms with E-state index in [0.29, 0.717) is 35.0 Å². The largest absolute Gasteiger partial charge is 0.493 e. The van der Waals surface area contributed by atoms with Crippen LogP contribution in [0.3, 0.4) is 0 Å². The number of hydrogen-bond donors (Lipinski definition) is 0. The molecule has 2 aromatic carbocycles. The van der Waals surface area contributed by atoms with Crippen LogP contribution in [0.2, 0.25) is 0 Å². The van der Waals surface area contributed by atoms with Gasteiger partial charge in [0.25, 0.3) is 5.56 Å². The Morgan fingerprint density at radius 3 is 2.54 bits per heavy atom. The summed E-state index contributed by atoms with van der Waals surface area (Å²) < 4.78 is 13.7. The van der Waals surface area contributed by atoms with Crippen molar-refractivity contribution in [1.29, 1.82) is 0 Å². The van der Waals surface area contributed by atoms with Gasteiger partial charge in [-0.2, -0.15) is 0 Å². The average Bonchev–Trinajstić information content (AvgIpc) is 2.88. The van der Waals surface area contributed by atoms with Gasteiger partial charge in [0.05, 0.1) is 37.0 Å². The number of benzene rings is 2. The van der Waals surface area contributed by atoms with Gasteiger partial charge < -0.3 is 14.4 Å². The molecule has 0 atom stereocenters. The van der Waals surface area contributed by atoms with Gasteiger partial charge >= 0.3 is 0 Å². The zero-order chi connectivity index (χ0) is 24.4. The Morgan fingerprint density at radius 2 is 1.83 bits per heavy atom. The molecule has 184 valence electrons. The predicted octanol–water partition coefficient (Wildman–Crippen LogP) is 3.90. The maximum Gasteiger partial charge on any atom is 0.261 e. The maximum absolute atomic E-state index is 13.3. The van der Waals surface area contributed by atoms with Gasteiger partial charge in [0, 0.05) is 44.5 Å². The van der Waals surface area contributed by atoms with Crippen LogP contribution in [0.1, 0.15) is 31.2 Å². The van der Waals surface area contributed by atoms with Crippen LogP contribution in [0.25, 0.3) is 10.9 Å². The normalized spacial score (nSPS) is 21.3. The van der Waals surface area contributed by atoms with Crippen molar-refractivity contribution in [3.8, 4) is 11.5 Å². The zero-order valence-electron chi connectivity index (χ0n) is 20.7. The molecule has 0 radical (unpaired) electrons.